The number of pyridine rings is 1. The van der Waals surface area contributed by atoms with Crippen molar-refractivity contribution >= 4 is 0 Å². The lowest BCUT2D eigenvalue weighted by Crippen LogP contribution is -2.39. The summed E-state index contributed by atoms with van der Waals surface area (Å²) in [6.45, 7) is 2.80. The van der Waals surface area contributed by atoms with Crippen molar-refractivity contribution in [2.75, 3.05) is 26.4 Å². The SMILES string of the molecule is c1ccc(C(NCC2COCCO2)c2ccncc2)cc1. The lowest BCUT2D eigenvalue weighted by atomic mass is 9.99. The molecule has 2 heterocycles. The molecular weight excluding hydrogens is 264 g/mol. The first-order chi connectivity index (χ1) is 10.4. The predicted octanol–water partition coefficient (Wildman–Crippen LogP) is 2.18. The quantitative estimate of drug-likeness (QED) is 0.914. The molecule has 0 amide bonds. The number of benzene rings is 1. The van der Waals surface area contributed by atoms with Gasteiger partial charge in [-0.1, -0.05) is 30.3 Å². The van der Waals surface area contributed by atoms with Crippen LogP contribution in [-0.2, 0) is 9.47 Å². The van der Waals surface area contributed by atoms with Gasteiger partial charge in [-0.05, 0) is 23.3 Å². The molecule has 110 valence electrons. The fourth-order valence-electron chi connectivity index (χ4n) is 2.53. The van der Waals surface area contributed by atoms with Crippen LogP contribution in [0.4, 0.5) is 0 Å². The first-order valence-corrected chi connectivity index (χ1v) is 7.31. The van der Waals surface area contributed by atoms with Crippen molar-refractivity contribution in [1.82, 2.24) is 10.3 Å². The van der Waals surface area contributed by atoms with Crippen LogP contribution in [-0.4, -0.2) is 37.5 Å². The second-order valence-electron chi connectivity index (χ2n) is 5.10. The average molecular weight is 284 g/mol. The predicted molar refractivity (Wildman–Crippen MR) is 81.1 cm³/mol. The third-order valence-electron chi connectivity index (χ3n) is 3.61. The largest absolute Gasteiger partial charge is 0.376 e. The van der Waals surface area contributed by atoms with Crippen molar-refractivity contribution in [1.29, 1.82) is 0 Å². The van der Waals surface area contributed by atoms with Gasteiger partial charge in [0.1, 0.15) is 0 Å². The summed E-state index contributed by atoms with van der Waals surface area (Å²) in [5.74, 6) is 0. The number of nitrogens with one attached hydrogen (secondary N) is 1. The second-order valence-corrected chi connectivity index (χ2v) is 5.10. The molecule has 2 atom stereocenters. The van der Waals surface area contributed by atoms with Gasteiger partial charge in [-0.25, -0.2) is 0 Å². The van der Waals surface area contributed by atoms with Gasteiger partial charge in [0.15, 0.2) is 0 Å². The van der Waals surface area contributed by atoms with Crippen molar-refractivity contribution in [2.24, 2.45) is 0 Å². The standard InChI is InChI=1S/C17H20N2O2/c1-2-4-14(5-3-1)17(15-6-8-18-9-7-15)19-12-16-13-20-10-11-21-16/h1-9,16-17,19H,10-13H2. The van der Waals surface area contributed by atoms with E-state index >= 15 is 0 Å². The van der Waals surface area contributed by atoms with Crippen LogP contribution in [0.3, 0.4) is 0 Å². The zero-order valence-electron chi connectivity index (χ0n) is 11.9. The van der Waals surface area contributed by atoms with Crippen LogP contribution in [0, 0.1) is 0 Å². The van der Waals surface area contributed by atoms with E-state index < -0.39 is 0 Å². The first-order valence-electron chi connectivity index (χ1n) is 7.31. The molecular formula is C17H20N2O2. The summed E-state index contributed by atoms with van der Waals surface area (Å²) in [5, 5.41) is 3.59. The summed E-state index contributed by atoms with van der Waals surface area (Å²) in [6.07, 6.45) is 3.77. The topological polar surface area (TPSA) is 43.4 Å². The van der Waals surface area contributed by atoms with Gasteiger partial charge in [0.2, 0.25) is 0 Å². The van der Waals surface area contributed by atoms with E-state index in [1.54, 1.807) is 0 Å². The molecule has 1 aliphatic heterocycles. The van der Waals surface area contributed by atoms with Crippen LogP contribution < -0.4 is 5.32 Å². The maximum absolute atomic E-state index is 5.70. The Morgan fingerprint density at radius 3 is 2.52 bits per heavy atom. The van der Waals surface area contributed by atoms with Crippen molar-refractivity contribution in [3.05, 3.63) is 66.0 Å². The van der Waals surface area contributed by atoms with Gasteiger partial charge in [0.05, 0.1) is 32.0 Å². The lowest BCUT2D eigenvalue weighted by Gasteiger charge is -2.26. The Kier molecular flexibility index (Phi) is 4.94. The fraction of sp³-hybridized carbons (Fsp3) is 0.353. The molecule has 2 aromatic rings. The van der Waals surface area contributed by atoms with Crippen LogP contribution in [0.25, 0.3) is 0 Å². The fourth-order valence-corrected chi connectivity index (χ4v) is 2.53. The highest BCUT2D eigenvalue weighted by Gasteiger charge is 2.18. The van der Waals surface area contributed by atoms with Crippen molar-refractivity contribution in [3.8, 4) is 0 Å². The average Bonchev–Trinajstić information content (AvgIpc) is 2.58. The van der Waals surface area contributed by atoms with Gasteiger partial charge in [0, 0.05) is 18.9 Å². The molecule has 1 saturated heterocycles. The van der Waals surface area contributed by atoms with Crippen molar-refractivity contribution < 1.29 is 9.47 Å². The summed E-state index contributed by atoms with van der Waals surface area (Å²) >= 11 is 0. The first kappa shape index (κ1) is 14.2. The monoisotopic (exact) mass is 284 g/mol. The molecule has 1 fully saturated rings. The Bertz CT molecular complexity index is 488. The lowest BCUT2D eigenvalue weighted by molar-refractivity contribution is -0.0868. The molecule has 1 aliphatic rings. The molecule has 3 rings (SSSR count). The minimum atomic E-state index is 0.117. The smallest absolute Gasteiger partial charge is 0.0933 e. The number of aromatic nitrogens is 1. The van der Waals surface area contributed by atoms with E-state index in [-0.39, 0.29) is 12.1 Å². The van der Waals surface area contributed by atoms with Gasteiger partial charge in [-0.2, -0.15) is 0 Å². The molecule has 0 spiro atoms. The Morgan fingerprint density at radius 2 is 1.81 bits per heavy atom. The Hall–Kier alpha value is -1.75. The van der Waals surface area contributed by atoms with Crippen LogP contribution in [0.1, 0.15) is 17.2 Å². The summed E-state index contributed by atoms with van der Waals surface area (Å²) in [4.78, 5) is 4.10. The van der Waals surface area contributed by atoms with E-state index in [1.165, 1.54) is 11.1 Å². The Labute approximate surface area is 125 Å². The number of ether oxygens (including phenoxy) is 2. The molecule has 4 nitrogen and oxygen atoms in total. The van der Waals surface area contributed by atoms with E-state index in [1.807, 2.05) is 30.6 Å². The third kappa shape index (κ3) is 3.88. The summed E-state index contributed by atoms with van der Waals surface area (Å²) in [5.41, 5.74) is 2.44. The van der Waals surface area contributed by atoms with E-state index in [9.17, 15) is 0 Å². The van der Waals surface area contributed by atoms with E-state index in [0.29, 0.717) is 19.8 Å². The van der Waals surface area contributed by atoms with Crippen molar-refractivity contribution in [2.45, 2.75) is 12.1 Å². The molecule has 0 radical (unpaired) electrons. The summed E-state index contributed by atoms with van der Waals surface area (Å²) in [7, 11) is 0. The minimum Gasteiger partial charge on any atom is -0.376 e. The van der Waals surface area contributed by atoms with Gasteiger partial charge in [-0.15, -0.1) is 0 Å². The zero-order chi connectivity index (χ0) is 14.3. The molecule has 0 bridgehead atoms. The molecule has 1 N–H and O–H groups in total. The van der Waals surface area contributed by atoms with Gasteiger partial charge >= 0.3 is 0 Å². The summed E-state index contributed by atoms with van der Waals surface area (Å²) in [6, 6.07) is 14.7. The van der Waals surface area contributed by atoms with E-state index in [0.717, 1.165) is 6.54 Å². The number of rotatable bonds is 5. The van der Waals surface area contributed by atoms with Crippen LogP contribution in [0.15, 0.2) is 54.9 Å². The maximum atomic E-state index is 5.70. The molecule has 21 heavy (non-hydrogen) atoms. The Morgan fingerprint density at radius 1 is 1.05 bits per heavy atom. The van der Waals surface area contributed by atoms with Gasteiger partial charge in [-0.3, -0.25) is 4.98 Å². The highest BCUT2D eigenvalue weighted by molar-refractivity contribution is 5.30. The maximum Gasteiger partial charge on any atom is 0.0933 e. The zero-order valence-corrected chi connectivity index (χ0v) is 11.9. The minimum absolute atomic E-state index is 0.117. The molecule has 1 aromatic carbocycles. The molecule has 0 aliphatic carbocycles. The molecule has 4 heteroatoms. The molecule has 1 aromatic heterocycles. The van der Waals surface area contributed by atoms with Crippen LogP contribution in [0.2, 0.25) is 0 Å². The van der Waals surface area contributed by atoms with Crippen LogP contribution >= 0.6 is 0 Å². The second kappa shape index (κ2) is 7.31. The van der Waals surface area contributed by atoms with Crippen molar-refractivity contribution in [3.63, 3.8) is 0 Å². The van der Waals surface area contributed by atoms with E-state index in [2.05, 4.69) is 34.6 Å². The molecule has 0 saturated carbocycles. The normalized spacial score (nSPS) is 20.1. The van der Waals surface area contributed by atoms with E-state index in [4.69, 9.17) is 9.47 Å². The Balaban J connectivity index is 1.73. The van der Waals surface area contributed by atoms with Gasteiger partial charge < -0.3 is 14.8 Å². The highest BCUT2D eigenvalue weighted by atomic mass is 16.6. The number of nitrogens with zero attached hydrogens (tertiary/aromatic N) is 1. The number of hydrogen-bond acceptors (Lipinski definition) is 4. The molecule has 2 unspecified atom stereocenters. The summed E-state index contributed by atoms with van der Waals surface area (Å²) < 4.78 is 11.2. The highest BCUT2D eigenvalue weighted by Crippen LogP contribution is 2.21. The van der Waals surface area contributed by atoms with Crippen LogP contribution in [0.5, 0.6) is 0 Å². The number of hydrogen-bond donors (Lipinski definition) is 1. The van der Waals surface area contributed by atoms with Gasteiger partial charge in [0.25, 0.3) is 0 Å². The third-order valence-corrected chi connectivity index (χ3v) is 3.61.